The first-order chi connectivity index (χ1) is 10.2. The monoisotopic (exact) mass is 299 g/mol. The Morgan fingerprint density at radius 1 is 1.14 bits per heavy atom. The molecule has 0 radical (unpaired) electrons. The number of rotatable bonds is 4. The van der Waals surface area contributed by atoms with Crippen LogP contribution in [0.3, 0.4) is 0 Å². The molecule has 0 aliphatic heterocycles. The summed E-state index contributed by atoms with van der Waals surface area (Å²) in [5, 5.41) is 0.738. The molecular formula is C17H18ClN3. The van der Waals surface area contributed by atoms with Crippen LogP contribution in [0, 0.1) is 0 Å². The molecule has 4 heteroatoms. The minimum Gasteiger partial charge on any atom is -0.330 e. The van der Waals surface area contributed by atoms with E-state index in [1.165, 1.54) is 5.56 Å². The number of aromatic nitrogens is 2. The maximum absolute atomic E-state index is 6.11. The Morgan fingerprint density at radius 2 is 1.90 bits per heavy atom. The van der Waals surface area contributed by atoms with Gasteiger partial charge >= 0.3 is 0 Å². The highest BCUT2D eigenvalue weighted by Gasteiger charge is 2.11. The molecule has 3 aromatic rings. The van der Waals surface area contributed by atoms with Crippen molar-refractivity contribution in [3.63, 3.8) is 0 Å². The third-order valence-corrected chi connectivity index (χ3v) is 3.91. The van der Waals surface area contributed by atoms with E-state index < -0.39 is 0 Å². The number of imidazole rings is 1. The zero-order valence-corrected chi connectivity index (χ0v) is 12.8. The van der Waals surface area contributed by atoms with Crippen LogP contribution in [0.5, 0.6) is 0 Å². The summed E-state index contributed by atoms with van der Waals surface area (Å²) in [4.78, 5) is 4.75. The summed E-state index contributed by atoms with van der Waals surface area (Å²) in [6.45, 7) is 3.65. The second kappa shape index (κ2) is 5.88. The molecule has 0 bridgehead atoms. The molecule has 2 aromatic carbocycles. The molecule has 0 fully saturated rings. The lowest BCUT2D eigenvalue weighted by atomic mass is 10.1. The van der Waals surface area contributed by atoms with E-state index in [4.69, 9.17) is 22.3 Å². The van der Waals surface area contributed by atoms with E-state index in [1.54, 1.807) is 0 Å². The molecule has 108 valence electrons. The molecule has 0 amide bonds. The standard InChI is InChI=1S/C17H18ClN3/c1-2-21-16-11-14(18)7-8-15(16)20-17(21)13-5-3-12(4-6-13)9-10-19/h3-8,11H,2,9-10,19H2,1H3. The molecule has 0 saturated carbocycles. The van der Waals surface area contributed by atoms with Gasteiger partial charge in [0.25, 0.3) is 0 Å². The zero-order valence-electron chi connectivity index (χ0n) is 12.0. The summed E-state index contributed by atoms with van der Waals surface area (Å²) < 4.78 is 2.19. The van der Waals surface area contributed by atoms with Gasteiger partial charge in [0.1, 0.15) is 5.82 Å². The Kier molecular flexibility index (Phi) is 3.95. The molecule has 0 aliphatic carbocycles. The number of hydrogen-bond acceptors (Lipinski definition) is 2. The summed E-state index contributed by atoms with van der Waals surface area (Å²) in [6, 6.07) is 14.3. The molecule has 0 saturated heterocycles. The molecular weight excluding hydrogens is 282 g/mol. The predicted molar refractivity (Wildman–Crippen MR) is 88.6 cm³/mol. The number of halogens is 1. The van der Waals surface area contributed by atoms with E-state index in [9.17, 15) is 0 Å². The number of hydrogen-bond donors (Lipinski definition) is 1. The molecule has 21 heavy (non-hydrogen) atoms. The van der Waals surface area contributed by atoms with E-state index >= 15 is 0 Å². The molecule has 2 N–H and O–H groups in total. The summed E-state index contributed by atoms with van der Waals surface area (Å²) in [5.41, 5.74) is 10.0. The van der Waals surface area contributed by atoms with E-state index in [-0.39, 0.29) is 0 Å². The van der Waals surface area contributed by atoms with Gasteiger partial charge in [0.15, 0.2) is 0 Å². The number of fused-ring (bicyclic) bond motifs is 1. The van der Waals surface area contributed by atoms with Crippen molar-refractivity contribution in [1.29, 1.82) is 0 Å². The molecule has 1 heterocycles. The number of benzene rings is 2. The molecule has 0 spiro atoms. The van der Waals surface area contributed by atoms with Crippen molar-refractivity contribution >= 4 is 22.6 Å². The van der Waals surface area contributed by atoms with Crippen LogP contribution in [-0.2, 0) is 13.0 Å². The van der Waals surface area contributed by atoms with Gasteiger partial charge in [0.2, 0.25) is 0 Å². The number of aryl methyl sites for hydroxylation is 1. The van der Waals surface area contributed by atoms with Gasteiger partial charge in [-0.1, -0.05) is 35.9 Å². The molecule has 0 aliphatic rings. The molecule has 0 atom stereocenters. The fourth-order valence-corrected chi connectivity index (χ4v) is 2.79. The van der Waals surface area contributed by atoms with Crippen molar-refractivity contribution in [2.24, 2.45) is 5.73 Å². The Morgan fingerprint density at radius 3 is 2.57 bits per heavy atom. The van der Waals surface area contributed by atoms with Gasteiger partial charge in [-0.05, 0) is 43.7 Å². The quantitative estimate of drug-likeness (QED) is 0.794. The van der Waals surface area contributed by atoms with Gasteiger partial charge in [0, 0.05) is 17.1 Å². The van der Waals surface area contributed by atoms with Crippen molar-refractivity contribution in [3.05, 3.63) is 53.1 Å². The zero-order chi connectivity index (χ0) is 14.8. The highest BCUT2D eigenvalue weighted by atomic mass is 35.5. The average molecular weight is 300 g/mol. The van der Waals surface area contributed by atoms with Crippen molar-refractivity contribution in [1.82, 2.24) is 9.55 Å². The fraction of sp³-hybridized carbons (Fsp3) is 0.235. The number of nitrogens with two attached hydrogens (primary N) is 1. The summed E-state index contributed by atoms with van der Waals surface area (Å²) >= 11 is 6.11. The predicted octanol–water partition coefficient (Wildman–Crippen LogP) is 3.88. The van der Waals surface area contributed by atoms with E-state index in [2.05, 4.69) is 35.8 Å². The molecule has 0 unspecified atom stereocenters. The van der Waals surface area contributed by atoms with Gasteiger partial charge in [-0.15, -0.1) is 0 Å². The summed E-state index contributed by atoms with van der Waals surface area (Å²) in [7, 11) is 0. The number of nitrogens with zero attached hydrogens (tertiary/aromatic N) is 2. The average Bonchev–Trinajstić information content (AvgIpc) is 2.86. The van der Waals surface area contributed by atoms with Crippen molar-refractivity contribution in [2.75, 3.05) is 6.54 Å². The van der Waals surface area contributed by atoms with Crippen LogP contribution in [0.25, 0.3) is 22.4 Å². The topological polar surface area (TPSA) is 43.8 Å². The van der Waals surface area contributed by atoms with Gasteiger partial charge < -0.3 is 10.3 Å². The van der Waals surface area contributed by atoms with Gasteiger partial charge in [-0.2, -0.15) is 0 Å². The van der Waals surface area contributed by atoms with Gasteiger partial charge in [0.05, 0.1) is 11.0 Å². The fourth-order valence-electron chi connectivity index (χ4n) is 2.62. The van der Waals surface area contributed by atoms with Crippen LogP contribution in [0.15, 0.2) is 42.5 Å². The Hall–Kier alpha value is -1.84. The van der Waals surface area contributed by atoms with Crippen LogP contribution in [0.4, 0.5) is 0 Å². The third-order valence-electron chi connectivity index (χ3n) is 3.67. The van der Waals surface area contributed by atoms with E-state index in [1.807, 2.05) is 18.2 Å². The van der Waals surface area contributed by atoms with E-state index in [0.29, 0.717) is 6.54 Å². The Balaban J connectivity index is 2.10. The second-order valence-electron chi connectivity index (χ2n) is 5.05. The normalized spacial score (nSPS) is 11.2. The largest absolute Gasteiger partial charge is 0.330 e. The minimum absolute atomic E-state index is 0.672. The van der Waals surface area contributed by atoms with Crippen LogP contribution < -0.4 is 5.73 Å². The SMILES string of the molecule is CCn1c(-c2ccc(CCN)cc2)nc2ccc(Cl)cc21. The maximum Gasteiger partial charge on any atom is 0.141 e. The second-order valence-corrected chi connectivity index (χ2v) is 5.48. The van der Waals surface area contributed by atoms with Crippen LogP contribution in [0.2, 0.25) is 5.02 Å². The Bertz CT molecular complexity index is 760. The highest BCUT2D eigenvalue weighted by Crippen LogP contribution is 2.27. The summed E-state index contributed by atoms with van der Waals surface area (Å²) in [6.07, 6.45) is 0.903. The first-order valence-corrected chi connectivity index (χ1v) is 7.56. The molecule has 3 nitrogen and oxygen atoms in total. The lowest BCUT2D eigenvalue weighted by Gasteiger charge is -2.07. The molecule has 1 aromatic heterocycles. The maximum atomic E-state index is 6.11. The van der Waals surface area contributed by atoms with Crippen molar-refractivity contribution < 1.29 is 0 Å². The lowest BCUT2D eigenvalue weighted by Crippen LogP contribution is -2.02. The van der Waals surface area contributed by atoms with Gasteiger partial charge in [-0.3, -0.25) is 0 Å². The smallest absolute Gasteiger partial charge is 0.141 e. The van der Waals surface area contributed by atoms with E-state index in [0.717, 1.165) is 40.4 Å². The van der Waals surface area contributed by atoms with Gasteiger partial charge in [-0.25, -0.2) is 4.98 Å². The van der Waals surface area contributed by atoms with Crippen molar-refractivity contribution in [2.45, 2.75) is 19.9 Å². The summed E-state index contributed by atoms with van der Waals surface area (Å²) in [5.74, 6) is 0.981. The highest BCUT2D eigenvalue weighted by molar-refractivity contribution is 6.31. The first-order valence-electron chi connectivity index (χ1n) is 7.18. The van der Waals surface area contributed by atoms with Crippen LogP contribution in [-0.4, -0.2) is 16.1 Å². The molecule has 3 rings (SSSR count). The first kappa shape index (κ1) is 14.1. The van der Waals surface area contributed by atoms with Crippen LogP contribution >= 0.6 is 11.6 Å². The van der Waals surface area contributed by atoms with Crippen molar-refractivity contribution in [3.8, 4) is 11.4 Å². The Labute approximate surface area is 129 Å². The van der Waals surface area contributed by atoms with Crippen LogP contribution in [0.1, 0.15) is 12.5 Å². The third kappa shape index (κ3) is 2.67. The lowest BCUT2D eigenvalue weighted by molar-refractivity contribution is 0.796. The minimum atomic E-state index is 0.672.